The highest BCUT2D eigenvalue weighted by Gasteiger charge is 2.43. The summed E-state index contributed by atoms with van der Waals surface area (Å²) >= 11 is 0. The number of nitrogens with one attached hydrogen (secondary N) is 2. The minimum absolute atomic E-state index is 0.00688. The van der Waals surface area contributed by atoms with Crippen molar-refractivity contribution in [1.82, 2.24) is 10.2 Å². The predicted molar refractivity (Wildman–Crippen MR) is 159 cm³/mol. The molecule has 1 aliphatic rings. The third kappa shape index (κ3) is 7.25. The Balaban J connectivity index is 1.65. The Morgan fingerprint density at radius 2 is 1.88 bits per heavy atom. The van der Waals surface area contributed by atoms with Gasteiger partial charge >= 0.3 is 6.09 Å². The molecule has 3 aromatic carbocycles. The van der Waals surface area contributed by atoms with Crippen molar-refractivity contribution in [2.75, 3.05) is 19.7 Å². The number of likely N-dealkylation sites (tertiary alicyclic amines) is 1. The number of amides is 2. The lowest BCUT2D eigenvalue weighted by atomic mass is 9.72. The molecular formula is C32H38FN5O4. The number of ether oxygens (including phenoxy) is 1. The number of primary amides is 1. The van der Waals surface area contributed by atoms with Gasteiger partial charge in [-0.15, -0.1) is 0 Å². The molecule has 4 rings (SSSR count). The number of aryl methyl sites for hydroxylation is 1. The number of hydrogen-bond donors (Lipinski definition) is 5. The van der Waals surface area contributed by atoms with Crippen LogP contribution in [0.1, 0.15) is 52.7 Å². The quantitative estimate of drug-likeness (QED) is 0.137. The molecule has 1 saturated heterocycles. The molecule has 0 aromatic heterocycles. The van der Waals surface area contributed by atoms with E-state index in [1.54, 1.807) is 41.3 Å². The van der Waals surface area contributed by atoms with Crippen LogP contribution in [0.3, 0.4) is 0 Å². The minimum Gasteiger partial charge on any atom is -0.450 e. The molecule has 0 bridgehead atoms. The van der Waals surface area contributed by atoms with Gasteiger partial charge in [0.2, 0.25) is 0 Å². The van der Waals surface area contributed by atoms with E-state index in [0.29, 0.717) is 54.6 Å². The highest BCUT2D eigenvalue weighted by atomic mass is 19.1. The molecule has 7 N–H and O–H groups in total. The summed E-state index contributed by atoms with van der Waals surface area (Å²) in [4.78, 5) is 26.5. The second-order valence-corrected chi connectivity index (χ2v) is 10.8. The van der Waals surface area contributed by atoms with Crippen LogP contribution in [0.4, 0.5) is 9.18 Å². The van der Waals surface area contributed by atoms with Gasteiger partial charge in [0.05, 0.1) is 12.2 Å². The first-order valence-electron chi connectivity index (χ1n) is 14.0. The van der Waals surface area contributed by atoms with Gasteiger partial charge in [-0.2, -0.15) is 0 Å². The summed E-state index contributed by atoms with van der Waals surface area (Å²) in [6, 6.07) is 19.3. The van der Waals surface area contributed by atoms with Crippen LogP contribution >= 0.6 is 0 Å². The number of benzene rings is 3. The monoisotopic (exact) mass is 575 g/mol. The van der Waals surface area contributed by atoms with E-state index in [4.69, 9.17) is 21.6 Å². The van der Waals surface area contributed by atoms with Gasteiger partial charge in [0, 0.05) is 36.7 Å². The van der Waals surface area contributed by atoms with Crippen molar-refractivity contribution in [3.05, 3.63) is 94.8 Å². The molecule has 1 aliphatic heterocycles. The largest absolute Gasteiger partial charge is 0.450 e. The summed E-state index contributed by atoms with van der Waals surface area (Å²) in [5.41, 5.74) is 12.7. The van der Waals surface area contributed by atoms with Crippen LogP contribution in [0.15, 0.2) is 66.7 Å². The van der Waals surface area contributed by atoms with Crippen LogP contribution in [0.5, 0.6) is 0 Å². The molecule has 1 unspecified atom stereocenters. The maximum Gasteiger partial charge on any atom is 0.404 e. The van der Waals surface area contributed by atoms with Crippen molar-refractivity contribution in [3.8, 4) is 11.1 Å². The predicted octanol–water partition coefficient (Wildman–Crippen LogP) is 4.40. The number of nitrogens with two attached hydrogens (primary N) is 2. The van der Waals surface area contributed by atoms with Crippen molar-refractivity contribution in [3.63, 3.8) is 0 Å². The Kier molecular flexibility index (Phi) is 9.80. The van der Waals surface area contributed by atoms with E-state index in [9.17, 15) is 14.7 Å². The van der Waals surface area contributed by atoms with Gasteiger partial charge < -0.3 is 31.5 Å². The first-order chi connectivity index (χ1) is 20.1. The van der Waals surface area contributed by atoms with Gasteiger partial charge in [-0.05, 0) is 67.5 Å². The van der Waals surface area contributed by atoms with E-state index < -0.39 is 23.4 Å². The molecule has 1 heterocycles. The van der Waals surface area contributed by atoms with Crippen LogP contribution in [0.25, 0.3) is 11.1 Å². The van der Waals surface area contributed by atoms with Gasteiger partial charge in [-0.1, -0.05) is 54.1 Å². The number of hydrogen-bond acceptors (Lipinski definition) is 5. The van der Waals surface area contributed by atoms with Crippen molar-refractivity contribution >= 4 is 18.0 Å². The van der Waals surface area contributed by atoms with Gasteiger partial charge in [0.15, 0.2) is 5.96 Å². The zero-order valence-electron chi connectivity index (χ0n) is 23.7. The number of rotatable bonds is 10. The van der Waals surface area contributed by atoms with Gasteiger partial charge in [0.1, 0.15) is 5.82 Å². The van der Waals surface area contributed by atoms with Crippen molar-refractivity contribution in [2.24, 2.45) is 17.4 Å². The smallest absolute Gasteiger partial charge is 0.404 e. The Bertz CT molecular complexity index is 1430. The van der Waals surface area contributed by atoms with Crippen molar-refractivity contribution in [1.29, 1.82) is 5.41 Å². The summed E-state index contributed by atoms with van der Waals surface area (Å²) in [6.07, 6.45) is 0.848. The van der Waals surface area contributed by atoms with Crippen LogP contribution in [-0.4, -0.2) is 47.7 Å². The summed E-state index contributed by atoms with van der Waals surface area (Å²) in [5.74, 6) is -1.16. The molecule has 0 spiro atoms. The number of nitrogens with zero attached hydrogens (tertiary/aromatic N) is 1. The second kappa shape index (κ2) is 13.5. The molecule has 9 nitrogen and oxygen atoms in total. The highest BCUT2D eigenvalue weighted by molar-refractivity contribution is 5.94. The lowest BCUT2D eigenvalue weighted by Crippen LogP contribution is -2.48. The summed E-state index contributed by atoms with van der Waals surface area (Å²) in [5, 5.41) is 22.6. The van der Waals surface area contributed by atoms with Crippen LogP contribution in [0.2, 0.25) is 0 Å². The second-order valence-electron chi connectivity index (χ2n) is 10.8. The van der Waals surface area contributed by atoms with Gasteiger partial charge in [-0.25, -0.2) is 9.18 Å². The third-order valence-corrected chi connectivity index (χ3v) is 7.80. The summed E-state index contributed by atoms with van der Waals surface area (Å²) < 4.78 is 20.5. The van der Waals surface area contributed by atoms with Crippen LogP contribution < -0.4 is 16.8 Å². The summed E-state index contributed by atoms with van der Waals surface area (Å²) in [7, 11) is 0. The number of halogens is 1. The van der Waals surface area contributed by atoms with E-state index in [2.05, 4.69) is 5.32 Å². The Labute approximate surface area is 245 Å². The Hall–Kier alpha value is -4.44. The summed E-state index contributed by atoms with van der Waals surface area (Å²) in [6.45, 7) is 3.10. The zero-order chi connectivity index (χ0) is 30.3. The SMILES string of the molecule is Cc1cccc(-c2c(F)cccc2C(O)(CCCOC(N)=O)[C@@H]2CCCN(C(=O)c3ccc(CNC(=N)N)cc3)C2)c1. The first kappa shape index (κ1) is 30.5. The normalized spacial score (nSPS) is 16.4. The minimum atomic E-state index is -1.52. The average molecular weight is 576 g/mol. The van der Waals surface area contributed by atoms with Gasteiger partial charge in [0.25, 0.3) is 5.91 Å². The highest BCUT2D eigenvalue weighted by Crippen LogP contribution is 2.44. The number of piperidine rings is 1. The fraction of sp³-hybridized carbons (Fsp3) is 0.344. The molecule has 0 saturated carbocycles. The first-order valence-corrected chi connectivity index (χ1v) is 14.0. The number of guanidine groups is 1. The molecule has 3 aromatic rings. The van der Waals surface area contributed by atoms with Crippen molar-refractivity contribution in [2.45, 2.75) is 44.8 Å². The van der Waals surface area contributed by atoms with Crippen LogP contribution in [-0.2, 0) is 16.9 Å². The van der Waals surface area contributed by atoms with E-state index >= 15 is 4.39 Å². The van der Waals surface area contributed by atoms with E-state index in [1.165, 1.54) is 6.07 Å². The van der Waals surface area contributed by atoms with Crippen molar-refractivity contribution < 1.29 is 23.8 Å². The Morgan fingerprint density at radius 3 is 2.57 bits per heavy atom. The molecule has 2 amide bonds. The number of carbonyl (C=O) groups is 2. The Morgan fingerprint density at radius 1 is 1.14 bits per heavy atom. The fourth-order valence-corrected chi connectivity index (χ4v) is 5.75. The van der Waals surface area contributed by atoms with E-state index in [1.807, 2.05) is 31.2 Å². The zero-order valence-corrected chi connectivity index (χ0v) is 23.7. The lowest BCUT2D eigenvalue weighted by Gasteiger charge is -2.43. The topological polar surface area (TPSA) is 155 Å². The third-order valence-electron chi connectivity index (χ3n) is 7.80. The maximum absolute atomic E-state index is 15.5. The molecule has 1 fully saturated rings. The molecule has 0 radical (unpaired) electrons. The molecule has 222 valence electrons. The number of aliphatic hydroxyl groups is 1. The molecule has 2 atom stereocenters. The molecular weight excluding hydrogens is 537 g/mol. The van der Waals surface area contributed by atoms with E-state index in [0.717, 1.165) is 11.1 Å². The fourth-order valence-electron chi connectivity index (χ4n) is 5.75. The standard InChI is InChI=1S/C32H38FN5O4/c1-21-6-2-7-24(18-21)28-26(9-3-10-27(28)33)32(41,15-5-17-42-31(36)40)25-8-4-16-38(20-25)29(39)23-13-11-22(12-14-23)19-37-30(34)35/h2-3,6-7,9-14,18,25,41H,4-5,8,15-17,19-20H2,1H3,(H2,36,40)(H4,34,35,37)/t25-,32?/m1/s1. The number of carbonyl (C=O) groups excluding carboxylic acids is 2. The molecule has 10 heteroatoms. The lowest BCUT2D eigenvalue weighted by molar-refractivity contribution is -0.0589. The average Bonchev–Trinajstić information content (AvgIpc) is 2.98. The maximum atomic E-state index is 15.5. The van der Waals surface area contributed by atoms with Crippen LogP contribution in [0, 0.1) is 24.1 Å². The molecule has 0 aliphatic carbocycles. The van der Waals surface area contributed by atoms with Gasteiger partial charge in [-0.3, -0.25) is 10.2 Å². The van der Waals surface area contributed by atoms with E-state index in [-0.39, 0.29) is 31.4 Å². The molecule has 42 heavy (non-hydrogen) atoms.